The average molecular weight is 202 g/mol. The van der Waals surface area contributed by atoms with Crippen LogP contribution in [0.3, 0.4) is 0 Å². The molecule has 1 aromatic carbocycles. The zero-order valence-corrected chi connectivity index (χ0v) is 8.72. The van der Waals surface area contributed by atoms with Crippen molar-refractivity contribution in [1.29, 1.82) is 0 Å². The lowest BCUT2D eigenvalue weighted by Crippen LogP contribution is -1.94. The van der Waals surface area contributed by atoms with Crippen LogP contribution in [0.15, 0.2) is 36.5 Å². The summed E-state index contributed by atoms with van der Waals surface area (Å²) in [4.78, 5) is 0. The minimum atomic E-state index is 0.253. The van der Waals surface area contributed by atoms with Crippen molar-refractivity contribution in [1.82, 2.24) is 9.78 Å². The Morgan fingerprint density at radius 1 is 1.27 bits per heavy atom. The average Bonchev–Trinajstić information content (AvgIpc) is 2.63. The predicted molar refractivity (Wildman–Crippen MR) is 59.2 cm³/mol. The first kappa shape index (κ1) is 9.77. The Hall–Kier alpha value is -1.77. The van der Waals surface area contributed by atoms with Crippen LogP contribution < -0.4 is 0 Å². The lowest BCUT2D eigenvalue weighted by atomic mass is 10.2. The van der Waals surface area contributed by atoms with Crippen LogP contribution in [-0.4, -0.2) is 14.9 Å². The summed E-state index contributed by atoms with van der Waals surface area (Å²) in [5.74, 6) is 0.253. The fourth-order valence-electron chi connectivity index (χ4n) is 1.58. The zero-order valence-electron chi connectivity index (χ0n) is 8.72. The van der Waals surface area contributed by atoms with Gasteiger partial charge in [-0.1, -0.05) is 31.5 Å². The molecule has 78 valence electrons. The summed E-state index contributed by atoms with van der Waals surface area (Å²) in [7, 11) is 0. The van der Waals surface area contributed by atoms with E-state index in [-0.39, 0.29) is 5.88 Å². The third kappa shape index (κ3) is 1.86. The number of hydrogen-bond acceptors (Lipinski definition) is 2. The van der Waals surface area contributed by atoms with Gasteiger partial charge in [-0.15, -0.1) is 0 Å². The second kappa shape index (κ2) is 4.17. The standard InChI is InChI=1S/C12H14N2O/c1-2-6-10-9-13-14(12(10)15)11-7-4-3-5-8-11/h3-5,7-9,15H,2,6H2,1H3. The number of para-hydroxylation sites is 1. The minimum Gasteiger partial charge on any atom is -0.493 e. The molecule has 1 aromatic heterocycles. The Labute approximate surface area is 89.0 Å². The van der Waals surface area contributed by atoms with E-state index in [2.05, 4.69) is 12.0 Å². The van der Waals surface area contributed by atoms with Crippen LogP contribution in [0.1, 0.15) is 18.9 Å². The molecule has 3 nitrogen and oxygen atoms in total. The third-order valence-electron chi connectivity index (χ3n) is 2.34. The second-order valence-electron chi connectivity index (χ2n) is 3.49. The summed E-state index contributed by atoms with van der Waals surface area (Å²) in [6, 6.07) is 9.63. The van der Waals surface area contributed by atoms with Gasteiger partial charge in [0.2, 0.25) is 5.88 Å². The first-order valence-corrected chi connectivity index (χ1v) is 5.14. The second-order valence-corrected chi connectivity index (χ2v) is 3.49. The predicted octanol–water partition coefficient (Wildman–Crippen LogP) is 2.53. The summed E-state index contributed by atoms with van der Waals surface area (Å²) < 4.78 is 1.56. The molecule has 0 aliphatic carbocycles. The molecule has 0 spiro atoms. The van der Waals surface area contributed by atoms with Gasteiger partial charge in [-0.3, -0.25) is 0 Å². The summed E-state index contributed by atoms with van der Waals surface area (Å²) in [6.45, 7) is 2.08. The molecule has 2 aromatic rings. The van der Waals surface area contributed by atoms with Crippen molar-refractivity contribution in [3.8, 4) is 11.6 Å². The molecule has 0 atom stereocenters. The van der Waals surface area contributed by atoms with E-state index in [0.29, 0.717) is 0 Å². The highest BCUT2D eigenvalue weighted by molar-refractivity contribution is 5.37. The van der Waals surface area contributed by atoms with E-state index in [4.69, 9.17) is 0 Å². The van der Waals surface area contributed by atoms with Gasteiger partial charge in [0, 0.05) is 5.56 Å². The quantitative estimate of drug-likeness (QED) is 0.830. The van der Waals surface area contributed by atoms with Crippen molar-refractivity contribution < 1.29 is 5.11 Å². The third-order valence-corrected chi connectivity index (χ3v) is 2.34. The van der Waals surface area contributed by atoms with Gasteiger partial charge in [-0.2, -0.15) is 5.10 Å². The van der Waals surface area contributed by atoms with Gasteiger partial charge in [0.05, 0.1) is 11.9 Å². The van der Waals surface area contributed by atoms with Crippen LogP contribution in [0, 0.1) is 0 Å². The summed E-state index contributed by atoms with van der Waals surface area (Å²) in [6.07, 6.45) is 3.60. The largest absolute Gasteiger partial charge is 0.493 e. The summed E-state index contributed by atoms with van der Waals surface area (Å²) in [5, 5.41) is 14.1. The maximum Gasteiger partial charge on any atom is 0.217 e. The highest BCUT2D eigenvalue weighted by atomic mass is 16.3. The van der Waals surface area contributed by atoms with Gasteiger partial charge < -0.3 is 5.11 Å². The number of aromatic hydroxyl groups is 1. The first-order valence-electron chi connectivity index (χ1n) is 5.14. The molecule has 0 amide bonds. The first-order chi connectivity index (χ1) is 7.33. The van der Waals surface area contributed by atoms with Crippen molar-refractivity contribution in [2.24, 2.45) is 0 Å². The highest BCUT2D eigenvalue weighted by Gasteiger charge is 2.09. The number of rotatable bonds is 3. The number of benzene rings is 1. The molecular formula is C12H14N2O. The topological polar surface area (TPSA) is 38.0 Å². The molecule has 0 bridgehead atoms. The van der Waals surface area contributed by atoms with Crippen molar-refractivity contribution >= 4 is 0 Å². The number of hydrogen-bond donors (Lipinski definition) is 1. The van der Waals surface area contributed by atoms with E-state index in [0.717, 1.165) is 24.1 Å². The van der Waals surface area contributed by atoms with Crippen LogP contribution >= 0.6 is 0 Å². The van der Waals surface area contributed by atoms with Gasteiger partial charge in [-0.25, -0.2) is 4.68 Å². The molecule has 0 aliphatic rings. The molecule has 1 N–H and O–H groups in total. The van der Waals surface area contributed by atoms with Crippen molar-refractivity contribution in [2.75, 3.05) is 0 Å². The number of nitrogens with zero attached hydrogens (tertiary/aromatic N) is 2. The van der Waals surface area contributed by atoms with Crippen molar-refractivity contribution in [3.05, 3.63) is 42.1 Å². The zero-order chi connectivity index (χ0) is 10.7. The van der Waals surface area contributed by atoms with Crippen molar-refractivity contribution in [3.63, 3.8) is 0 Å². The Bertz CT molecular complexity index is 434. The molecule has 0 saturated heterocycles. The monoisotopic (exact) mass is 202 g/mol. The molecule has 0 unspecified atom stereocenters. The van der Waals surface area contributed by atoms with E-state index < -0.39 is 0 Å². The fraction of sp³-hybridized carbons (Fsp3) is 0.250. The molecule has 0 aliphatic heterocycles. The van der Waals surface area contributed by atoms with Gasteiger partial charge in [0.15, 0.2) is 0 Å². The Balaban J connectivity index is 2.38. The molecule has 1 heterocycles. The molecule has 15 heavy (non-hydrogen) atoms. The van der Waals surface area contributed by atoms with E-state index in [1.807, 2.05) is 30.3 Å². The maximum atomic E-state index is 9.91. The minimum absolute atomic E-state index is 0.253. The molecule has 0 fully saturated rings. The maximum absolute atomic E-state index is 9.91. The molecule has 0 radical (unpaired) electrons. The van der Waals surface area contributed by atoms with E-state index >= 15 is 0 Å². The van der Waals surface area contributed by atoms with Crippen LogP contribution in [0.25, 0.3) is 5.69 Å². The molecule has 2 rings (SSSR count). The smallest absolute Gasteiger partial charge is 0.217 e. The van der Waals surface area contributed by atoms with E-state index in [1.54, 1.807) is 10.9 Å². The fourth-order valence-corrected chi connectivity index (χ4v) is 1.58. The van der Waals surface area contributed by atoms with Crippen LogP contribution in [0.5, 0.6) is 5.88 Å². The normalized spacial score (nSPS) is 10.5. The van der Waals surface area contributed by atoms with Gasteiger partial charge in [0.1, 0.15) is 0 Å². The van der Waals surface area contributed by atoms with Crippen molar-refractivity contribution in [2.45, 2.75) is 19.8 Å². The Morgan fingerprint density at radius 3 is 2.67 bits per heavy atom. The van der Waals surface area contributed by atoms with Gasteiger partial charge in [0.25, 0.3) is 0 Å². The molecule has 0 saturated carbocycles. The summed E-state index contributed by atoms with van der Waals surface area (Å²) in [5.41, 5.74) is 1.79. The highest BCUT2D eigenvalue weighted by Crippen LogP contribution is 2.21. The van der Waals surface area contributed by atoms with Gasteiger partial charge in [-0.05, 0) is 18.6 Å². The van der Waals surface area contributed by atoms with Crippen LogP contribution in [0.2, 0.25) is 0 Å². The molecular weight excluding hydrogens is 188 g/mol. The number of aromatic nitrogens is 2. The Kier molecular flexibility index (Phi) is 2.72. The lowest BCUT2D eigenvalue weighted by Gasteiger charge is -2.02. The SMILES string of the molecule is CCCc1cnn(-c2ccccc2)c1O. The number of aryl methyl sites for hydroxylation is 1. The lowest BCUT2D eigenvalue weighted by molar-refractivity contribution is 0.427. The van der Waals surface area contributed by atoms with Crippen LogP contribution in [0.4, 0.5) is 0 Å². The van der Waals surface area contributed by atoms with Gasteiger partial charge >= 0.3 is 0 Å². The van der Waals surface area contributed by atoms with Crippen LogP contribution in [-0.2, 0) is 6.42 Å². The summed E-state index contributed by atoms with van der Waals surface area (Å²) >= 11 is 0. The Morgan fingerprint density at radius 2 is 2.00 bits per heavy atom. The van der Waals surface area contributed by atoms with E-state index in [1.165, 1.54) is 0 Å². The molecule has 3 heteroatoms. The van der Waals surface area contributed by atoms with E-state index in [9.17, 15) is 5.11 Å².